The van der Waals surface area contributed by atoms with E-state index in [0.717, 1.165) is 11.5 Å². The van der Waals surface area contributed by atoms with Gasteiger partial charge in [0.15, 0.2) is 0 Å². The van der Waals surface area contributed by atoms with E-state index in [1.165, 1.54) is 11.8 Å². The molecule has 19 heavy (non-hydrogen) atoms. The topological polar surface area (TPSA) is 122 Å². The maximum Gasteiger partial charge on any atom is 0.340 e. The Morgan fingerprint density at radius 2 is 2.16 bits per heavy atom. The lowest BCUT2D eigenvalue weighted by molar-refractivity contribution is -0.116. The molecule has 0 saturated carbocycles. The summed E-state index contributed by atoms with van der Waals surface area (Å²) in [4.78, 5) is 33.1. The minimum atomic E-state index is -1.12. The summed E-state index contributed by atoms with van der Waals surface area (Å²) in [6, 6.07) is 0. The fourth-order valence-corrected chi connectivity index (χ4v) is 2.71. The van der Waals surface area contributed by atoms with E-state index in [9.17, 15) is 14.4 Å². The summed E-state index contributed by atoms with van der Waals surface area (Å²) in [5, 5.41) is 11.7. The second kappa shape index (κ2) is 7.10. The Morgan fingerprint density at radius 1 is 1.47 bits per heavy atom. The van der Waals surface area contributed by atoms with Crippen LogP contribution in [0.2, 0.25) is 0 Å². The molecular weight excluding hydrogens is 290 g/mol. The number of nitrogens with zero attached hydrogens (tertiary/aromatic N) is 1. The van der Waals surface area contributed by atoms with Crippen LogP contribution in [0.4, 0.5) is 5.00 Å². The molecule has 104 valence electrons. The molecule has 0 bridgehead atoms. The van der Waals surface area contributed by atoms with Crippen LogP contribution in [0.3, 0.4) is 0 Å². The number of aromatic nitrogens is 1. The predicted molar refractivity (Wildman–Crippen MR) is 73.6 cm³/mol. The van der Waals surface area contributed by atoms with E-state index >= 15 is 0 Å². The van der Waals surface area contributed by atoms with Crippen LogP contribution in [-0.2, 0) is 9.59 Å². The molecule has 0 fully saturated rings. The van der Waals surface area contributed by atoms with Crippen LogP contribution in [0.25, 0.3) is 0 Å². The quantitative estimate of drug-likeness (QED) is 0.637. The second-order valence-electron chi connectivity index (χ2n) is 3.59. The number of amides is 2. The van der Waals surface area contributed by atoms with Gasteiger partial charge in [-0.05, 0) is 18.5 Å². The van der Waals surface area contributed by atoms with Crippen LogP contribution >= 0.6 is 23.3 Å². The summed E-state index contributed by atoms with van der Waals surface area (Å²) in [5.41, 5.74) is 5.34. The van der Waals surface area contributed by atoms with E-state index in [2.05, 4.69) is 9.69 Å². The molecule has 4 N–H and O–H groups in total. The molecule has 1 aromatic rings. The van der Waals surface area contributed by atoms with Crippen molar-refractivity contribution in [3.05, 3.63) is 11.3 Å². The molecule has 0 unspecified atom stereocenters. The lowest BCUT2D eigenvalue weighted by atomic mass is 10.2. The summed E-state index contributed by atoms with van der Waals surface area (Å²) in [5.74, 6) is -1.27. The zero-order valence-electron chi connectivity index (χ0n) is 10.1. The van der Waals surface area contributed by atoms with Gasteiger partial charge in [-0.2, -0.15) is 16.1 Å². The van der Waals surface area contributed by atoms with Crippen LogP contribution in [0, 0.1) is 6.92 Å². The van der Waals surface area contributed by atoms with Gasteiger partial charge >= 0.3 is 5.97 Å². The number of hydrogen-bond donors (Lipinski definition) is 3. The first-order chi connectivity index (χ1) is 8.91. The molecule has 2 amide bonds. The Balaban J connectivity index is 2.49. The van der Waals surface area contributed by atoms with Gasteiger partial charge in [0.2, 0.25) is 11.8 Å². The SMILES string of the molecule is Cc1nsc(NC(=O)CCSCC(N)=O)c1C(=O)O. The molecule has 1 heterocycles. The van der Waals surface area contributed by atoms with Crippen LogP contribution in [0.5, 0.6) is 0 Å². The highest BCUT2D eigenvalue weighted by atomic mass is 32.2. The van der Waals surface area contributed by atoms with Gasteiger partial charge in [-0.25, -0.2) is 4.79 Å². The predicted octanol–water partition coefficient (Wildman–Crippen LogP) is 0.697. The average Bonchev–Trinajstić information content (AvgIpc) is 2.65. The Kier molecular flexibility index (Phi) is 5.77. The van der Waals surface area contributed by atoms with Gasteiger partial charge in [-0.3, -0.25) is 9.59 Å². The first-order valence-corrected chi connectivity index (χ1v) is 7.20. The molecule has 0 saturated heterocycles. The third kappa shape index (κ3) is 4.87. The number of nitrogens with one attached hydrogen (secondary N) is 1. The number of aryl methyl sites for hydroxylation is 1. The molecule has 9 heteroatoms. The third-order valence-electron chi connectivity index (χ3n) is 2.05. The van der Waals surface area contributed by atoms with Crippen molar-refractivity contribution in [1.82, 2.24) is 4.37 Å². The Labute approximate surface area is 117 Å². The van der Waals surface area contributed by atoms with E-state index in [1.54, 1.807) is 6.92 Å². The molecule has 0 radical (unpaired) electrons. The first kappa shape index (κ1) is 15.4. The van der Waals surface area contributed by atoms with Crippen molar-refractivity contribution >= 4 is 46.1 Å². The number of hydrogen-bond acceptors (Lipinski definition) is 6. The minimum absolute atomic E-state index is 0.0168. The number of rotatable bonds is 7. The van der Waals surface area contributed by atoms with Crippen molar-refractivity contribution in [2.24, 2.45) is 5.73 Å². The van der Waals surface area contributed by atoms with Crippen molar-refractivity contribution in [2.45, 2.75) is 13.3 Å². The van der Waals surface area contributed by atoms with E-state index in [4.69, 9.17) is 10.8 Å². The van der Waals surface area contributed by atoms with Gasteiger partial charge in [0, 0.05) is 12.2 Å². The number of carbonyl (C=O) groups is 3. The van der Waals surface area contributed by atoms with Crippen molar-refractivity contribution in [1.29, 1.82) is 0 Å². The van der Waals surface area contributed by atoms with E-state index in [-0.39, 0.29) is 28.6 Å². The fourth-order valence-electron chi connectivity index (χ4n) is 1.23. The molecule has 0 aliphatic heterocycles. The van der Waals surface area contributed by atoms with Gasteiger partial charge in [0.1, 0.15) is 10.6 Å². The van der Waals surface area contributed by atoms with Gasteiger partial charge in [0.25, 0.3) is 0 Å². The Morgan fingerprint density at radius 3 is 2.74 bits per heavy atom. The van der Waals surface area contributed by atoms with Crippen LogP contribution < -0.4 is 11.1 Å². The smallest absolute Gasteiger partial charge is 0.340 e. The zero-order valence-corrected chi connectivity index (χ0v) is 11.8. The average molecular weight is 303 g/mol. The summed E-state index contributed by atoms with van der Waals surface area (Å²) >= 11 is 2.19. The highest BCUT2D eigenvalue weighted by Crippen LogP contribution is 2.24. The Bertz CT molecular complexity index is 501. The van der Waals surface area contributed by atoms with Crippen molar-refractivity contribution in [3.63, 3.8) is 0 Å². The summed E-state index contributed by atoms with van der Waals surface area (Å²) in [6.45, 7) is 1.57. The van der Waals surface area contributed by atoms with Crippen molar-refractivity contribution in [3.8, 4) is 0 Å². The van der Waals surface area contributed by atoms with Gasteiger partial charge in [-0.15, -0.1) is 0 Å². The number of anilines is 1. The first-order valence-electron chi connectivity index (χ1n) is 5.27. The van der Waals surface area contributed by atoms with Crippen LogP contribution in [0.1, 0.15) is 22.5 Å². The number of aromatic carboxylic acids is 1. The monoisotopic (exact) mass is 303 g/mol. The maximum absolute atomic E-state index is 11.6. The van der Waals surface area contributed by atoms with Gasteiger partial charge < -0.3 is 16.2 Å². The summed E-state index contributed by atoms with van der Waals surface area (Å²) in [7, 11) is 0. The number of thioether (sulfide) groups is 1. The van der Waals surface area contributed by atoms with Crippen LogP contribution in [-0.4, -0.2) is 38.8 Å². The zero-order chi connectivity index (χ0) is 14.4. The lowest BCUT2D eigenvalue weighted by Crippen LogP contribution is -2.16. The Hall–Kier alpha value is -1.61. The molecule has 1 rings (SSSR count). The van der Waals surface area contributed by atoms with E-state index in [0.29, 0.717) is 11.4 Å². The third-order valence-corrected chi connectivity index (χ3v) is 3.88. The van der Waals surface area contributed by atoms with Crippen molar-refractivity contribution in [2.75, 3.05) is 16.8 Å². The maximum atomic E-state index is 11.6. The standard InChI is InChI=1S/C10H13N3O4S2/c1-5-8(10(16)17)9(19-13-5)12-7(15)2-3-18-4-6(11)14/h2-4H2,1H3,(H2,11,14)(H,12,15)(H,16,17). The molecule has 0 aromatic carbocycles. The molecule has 7 nitrogen and oxygen atoms in total. The number of carbonyl (C=O) groups excluding carboxylic acids is 2. The number of primary amides is 1. The number of nitrogens with two attached hydrogens (primary N) is 1. The minimum Gasteiger partial charge on any atom is -0.478 e. The fraction of sp³-hybridized carbons (Fsp3) is 0.400. The van der Waals surface area contributed by atoms with Crippen LogP contribution in [0.15, 0.2) is 0 Å². The molecule has 0 spiro atoms. The number of carboxylic acid groups (broad SMARTS) is 1. The molecule has 0 aliphatic rings. The second-order valence-corrected chi connectivity index (χ2v) is 5.47. The normalized spacial score (nSPS) is 10.2. The molecule has 0 atom stereocenters. The lowest BCUT2D eigenvalue weighted by Gasteiger charge is -2.03. The molecular formula is C10H13N3O4S2. The van der Waals surface area contributed by atoms with E-state index in [1.807, 2.05) is 0 Å². The van der Waals surface area contributed by atoms with E-state index < -0.39 is 11.9 Å². The van der Waals surface area contributed by atoms with Crippen molar-refractivity contribution < 1.29 is 19.5 Å². The van der Waals surface area contributed by atoms with Gasteiger partial charge in [-0.1, -0.05) is 0 Å². The highest BCUT2D eigenvalue weighted by molar-refractivity contribution is 7.99. The highest BCUT2D eigenvalue weighted by Gasteiger charge is 2.18. The van der Waals surface area contributed by atoms with Gasteiger partial charge in [0.05, 0.1) is 11.4 Å². The largest absolute Gasteiger partial charge is 0.478 e. The summed E-state index contributed by atoms with van der Waals surface area (Å²) < 4.78 is 3.89. The molecule has 0 aliphatic carbocycles. The molecule has 1 aromatic heterocycles. The number of carboxylic acids is 1. The summed E-state index contributed by atoms with van der Waals surface area (Å²) in [6.07, 6.45) is 0.175.